The summed E-state index contributed by atoms with van der Waals surface area (Å²) in [6, 6.07) is 18.8. The fourth-order valence-corrected chi connectivity index (χ4v) is 3.64. The highest BCUT2D eigenvalue weighted by Gasteiger charge is 2.21. The number of carbonyl (C=O) groups excluding carboxylic acids is 1. The number of carbonyl (C=O) groups is 1. The molecule has 0 saturated carbocycles. The number of benzene rings is 2. The normalized spacial score (nSPS) is 11.7. The summed E-state index contributed by atoms with van der Waals surface area (Å²) in [4.78, 5) is 17.3. The summed E-state index contributed by atoms with van der Waals surface area (Å²) in [6.45, 7) is 0. The molecule has 2 aromatic carbocycles. The summed E-state index contributed by atoms with van der Waals surface area (Å²) in [7, 11) is 5.17. The topological polar surface area (TPSA) is 78.5 Å². The van der Waals surface area contributed by atoms with Crippen molar-refractivity contribution in [3.05, 3.63) is 90.2 Å². The molecule has 0 spiro atoms. The Morgan fingerprint density at radius 1 is 1.00 bits per heavy atom. The van der Waals surface area contributed by atoms with Gasteiger partial charge in [0.05, 0.1) is 14.2 Å². The van der Waals surface area contributed by atoms with Crippen molar-refractivity contribution in [2.45, 2.75) is 18.9 Å². The SMILES string of the molecule is COc1ccc(-c2ccc(CCC(=O)N[C@@H](c3ccc(OC)cc3)c3nccn3C)o2)cc1. The predicted octanol–water partition coefficient (Wildman–Crippen LogP) is 4.54. The molecule has 2 aromatic heterocycles. The molecule has 7 nitrogen and oxygen atoms in total. The van der Waals surface area contributed by atoms with E-state index >= 15 is 0 Å². The van der Waals surface area contributed by atoms with E-state index in [4.69, 9.17) is 13.9 Å². The molecule has 1 amide bonds. The van der Waals surface area contributed by atoms with Crippen molar-refractivity contribution in [3.8, 4) is 22.8 Å². The summed E-state index contributed by atoms with van der Waals surface area (Å²) in [6.07, 6.45) is 4.38. The molecule has 0 aliphatic heterocycles. The van der Waals surface area contributed by atoms with E-state index in [1.165, 1.54) is 0 Å². The molecule has 0 aliphatic carbocycles. The molecule has 0 fully saturated rings. The smallest absolute Gasteiger partial charge is 0.221 e. The fourth-order valence-electron chi connectivity index (χ4n) is 3.64. The molecule has 0 radical (unpaired) electrons. The van der Waals surface area contributed by atoms with Crippen LogP contribution in [0.25, 0.3) is 11.3 Å². The van der Waals surface area contributed by atoms with Gasteiger partial charge in [-0.2, -0.15) is 0 Å². The number of rotatable bonds is 9. The second-order valence-electron chi connectivity index (χ2n) is 7.66. The van der Waals surface area contributed by atoms with Crippen LogP contribution in [0.15, 0.2) is 77.5 Å². The Kier molecular flexibility index (Phi) is 6.78. The standard InChI is InChI=1S/C26H27N3O4/c1-29-17-16-27-26(29)25(19-6-10-21(32-3)11-7-19)28-24(30)15-13-22-12-14-23(33-22)18-4-8-20(31-2)9-5-18/h4-12,14,16-17,25H,13,15H2,1-3H3,(H,28,30)/t25-/m0/s1. The molecule has 0 aliphatic rings. The van der Waals surface area contributed by atoms with Crippen molar-refractivity contribution in [1.82, 2.24) is 14.9 Å². The zero-order valence-electron chi connectivity index (χ0n) is 18.9. The lowest BCUT2D eigenvalue weighted by Gasteiger charge is -2.19. The summed E-state index contributed by atoms with van der Waals surface area (Å²) < 4.78 is 18.3. The number of nitrogens with zero attached hydrogens (tertiary/aromatic N) is 2. The predicted molar refractivity (Wildman–Crippen MR) is 125 cm³/mol. The Bertz CT molecular complexity index is 1190. The number of hydrogen-bond acceptors (Lipinski definition) is 5. The third kappa shape index (κ3) is 5.26. The minimum absolute atomic E-state index is 0.0822. The Hall–Kier alpha value is -4.00. The number of aromatic nitrogens is 2. The number of ether oxygens (including phenoxy) is 2. The number of methoxy groups -OCH3 is 2. The molecule has 0 saturated heterocycles. The van der Waals surface area contributed by atoms with Crippen LogP contribution in [0.2, 0.25) is 0 Å². The van der Waals surface area contributed by atoms with Gasteiger partial charge in [-0.25, -0.2) is 4.98 Å². The van der Waals surface area contributed by atoms with Crippen molar-refractivity contribution < 1.29 is 18.7 Å². The Morgan fingerprint density at radius 2 is 1.67 bits per heavy atom. The number of furan rings is 1. The molecule has 0 unspecified atom stereocenters. The van der Waals surface area contributed by atoms with Gasteiger partial charge < -0.3 is 23.8 Å². The van der Waals surface area contributed by atoms with Crippen molar-refractivity contribution in [2.75, 3.05) is 14.2 Å². The first-order valence-corrected chi connectivity index (χ1v) is 10.7. The second kappa shape index (κ2) is 10.1. The number of hydrogen-bond donors (Lipinski definition) is 1. The van der Waals surface area contributed by atoms with E-state index in [0.29, 0.717) is 12.8 Å². The third-order valence-corrected chi connectivity index (χ3v) is 5.51. The van der Waals surface area contributed by atoms with Crippen LogP contribution in [0, 0.1) is 0 Å². The van der Waals surface area contributed by atoms with Crippen LogP contribution in [0.5, 0.6) is 11.5 Å². The molecule has 1 N–H and O–H groups in total. The number of aryl methyl sites for hydroxylation is 2. The van der Waals surface area contributed by atoms with Gasteiger partial charge in [-0.1, -0.05) is 12.1 Å². The van der Waals surface area contributed by atoms with Crippen molar-refractivity contribution >= 4 is 5.91 Å². The van der Waals surface area contributed by atoms with Crippen LogP contribution in [-0.2, 0) is 18.3 Å². The van der Waals surface area contributed by atoms with E-state index in [9.17, 15) is 4.79 Å². The van der Waals surface area contributed by atoms with Gasteiger partial charge in [-0.15, -0.1) is 0 Å². The van der Waals surface area contributed by atoms with Gasteiger partial charge in [-0.05, 0) is 54.1 Å². The largest absolute Gasteiger partial charge is 0.497 e. The lowest BCUT2D eigenvalue weighted by molar-refractivity contribution is -0.121. The lowest BCUT2D eigenvalue weighted by Crippen LogP contribution is -2.31. The maximum absolute atomic E-state index is 12.8. The maximum Gasteiger partial charge on any atom is 0.221 e. The third-order valence-electron chi connectivity index (χ3n) is 5.51. The Balaban J connectivity index is 1.42. The van der Waals surface area contributed by atoms with Crippen LogP contribution >= 0.6 is 0 Å². The average molecular weight is 446 g/mol. The van der Waals surface area contributed by atoms with E-state index in [1.807, 2.05) is 78.5 Å². The molecule has 7 heteroatoms. The molecule has 170 valence electrons. The molecule has 4 rings (SSSR count). The van der Waals surface area contributed by atoms with Crippen molar-refractivity contribution in [1.29, 1.82) is 0 Å². The first kappa shape index (κ1) is 22.2. The van der Waals surface area contributed by atoms with Gasteiger partial charge in [-0.3, -0.25) is 4.79 Å². The molecular weight excluding hydrogens is 418 g/mol. The summed E-state index contributed by atoms with van der Waals surface area (Å²) in [5.74, 6) is 3.75. The second-order valence-corrected chi connectivity index (χ2v) is 7.66. The van der Waals surface area contributed by atoms with E-state index in [0.717, 1.165) is 40.0 Å². The zero-order valence-corrected chi connectivity index (χ0v) is 18.9. The van der Waals surface area contributed by atoms with Crippen LogP contribution in [0.3, 0.4) is 0 Å². The fraction of sp³-hybridized carbons (Fsp3) is 0.231. The van der Waals surface area contributed by atoms with E-state index in [2.05, 4.69) is 10.3 Å². The monoisotopic (exact) mass is 445 g/mol. The van der Waals surface area contributed by atoms with Gasteiger partial charge in [0.15, 0.2) is 0 Å². The van der Waals surface area contributed by atoms with Crippen LogP contribution in [0.4, 0.5) is 0 Å². The van der Waals surface area contributed by atoms with Gasteiger partial charge >= 0.3 is 0 Å². The quantitative estimate of drug-likeness (QED) is 0.409. The van der Waals surface area contributed by atoms with Crippen LogP contribution in [-0.4, -0.2) is 29.7 Å². The first-order chi connectivity index (χ1) is 16.1. The molecule has 33 heavy (non-hydrogen) atoms. The highest BCUT2D eigenvalue weighted by atomic mass is 16.5. The minimum atomic E-state index is -0.366. The highest BCUT2D eigenvalue weighted by molar-refractivity contribution is 5.77. The van der Waals surface area contributed by atoms with Crippen molar-refractivity contribution in [2.24, 2.45) is 7.05 Å². The maximum atomic E-state index is 12.8. The summed E-state index contributed by atoms with van der Waals surface area (Å²) in [5, 5.41) is 3.12. The highest BCUT2D eigenvalue weighted by Crippen LogP contribution is 2.26. The summed E-state index contributed by atoms with van der Waals surface area (Å²) in [5.41, 5.74) is 1.89. The summed E-state index contributed by atoms with van der Waals surface area (Å²) >= 11 is 0. The first-order valence-electron chi connectivity index (χ1n) is 10.7. The van der Waals surface area contributed by atoms with Gasteiger partial charge in [0.2, 0.25) is 5.91 Å². The Morgan fingerprint density at radius 3 is 2.27 bits per heavy atom. The average Bonchev–Trinajstić information content (AvgIpc) is 3.50. The number of nitrogens with one attached hydrogen (secondary N) is 1. The van der Waals surface area contributed by atoms with Crippen LogP contribution in [0.1, 0.15) is 29.6 Å². The molecular formula is C26H27N3O4. The van der Waals surface area contributed by atoms with Gasteiger partial charge in [0.1, 0.15) is 34.9 Å². The minimum Gasteiger partial charge on any atom is -0.497 e. The molecule has 0 bridgehead atoms. The van der Waals surface area contributed by atoms with Crippen molar-refractivity contribution in [3.63, 3.8) is 0 Å². The number of imidazole rings is 1. The van der Waals surface area contributed by atoms with E-state index in [-0.39, 0.29) is 11.9 Å². The molecule has 4 aromatic rings. The van der Waals surface area contributed by atoms with E-state index < -0.39 is 0 Å². The molecule has 1 atom stereocenters. The van der Waals surface area contributed by atoms with Gasteiger partial charge in [0.25, 0.3) is 0 Å². The van der Waals surface area contributed by atoms with Gasteiger partial charge in [0, 0.05) is 37.8 Å². The van der Waals surface area contributed by atoms with Crippen LogP contribution < -0.4 is 14.8 Å². The molecule has 2 heterocycles. The number of amides is 1. The Labute approximate surface area is 193 Å². The van der Waals surface area contributed by atoms with E-state index in [1.54, 1.807) is 20.4 Å². The zero-order chi connectivity index (χ0) is 23.2. The lowest BCUT2D eigenvalue weighted by atomic mass is 10.1.